The number of aryl methyl sites for hydroxylation is 1. The fourth-order valence-electron chi connectivity index (χ4n) is 3.82. The number of ether oxygens (including phenoxy) is 1. The molecule has 1 atom stereocenters. The smallest absolute Gasteiger partial charge is 0.295 e. The first-order chi connectivity index (χ1) is 14.8. The van der Waals surface area contributed by atoms with Gasteiger partial charge in [0.1, 0.15) is 11.5 Å². The quantitative estimate of drug-likeness (QED) is 0.398. The zero-order chi connectivity index (χ0) is 22.5. The van der Waals surface area contributed by atoms with E-state index in [2.05, 4.69) is 0 Å². The van der Waals surface area contributed by atoms with Gasteiger partial charge in [0, 0.05) is 12.1 Å². The number of amides is 1. The second-order valence-electron chi connectivity index (χ2n) is 8.02. The Morgan fingerprint density at radius 2 is 1.84 bits per heavy atom. The lowest BCUT2D eigenvalue weighted by molar-refractivity contribution is -0.139. The number of hydrogen-bond acceptors (Lipinski definition) is 5. The number of carbonyl (C=O) groups excluding carboxylic acids is 2. The van der Waals surface area contributed by atoms with E-state index in [0.29, 0.717) is 24.5 Å². The highest BCUT2D eigenvalue weighted by Gasteiger charge is 2.45. The number of aliphatic hydroxyl groups excluding tert-OH is 1. The molecule has 2 aromatic rings. The van der Waals surface area contributed by atoms with Crippen molar-refractivity contribution in [2.75, 3.05) is 33.8 Å². The van der Waals surface area contributed by atoms with Gasteiger partial charge in [-0.3, -0.25) is 9.59 Å². The van der Waals surface area contributed by atoms with E-state index in [9.17, 15) is 14.7 Å². The van der Waals surface area contributed by atoms with Crippen LogP contribution in [0.1, 0.15) is 36.1 Å². The Hall–Kier alpha value is -3.12. The van der Waals surface area contributed by atoms with E-state index in [1.54, 1.807) is 29.2 Å². The average molecular weight is 423 g/mol. The third kappa shape index (κ3) is 4.97. The van der Waals surface area contributed by atoms with Crippen LogP contribution in [0.15, 0.2) is 54.1 Å². The van der Waals surface area contributed by atoms with Crippen LogP contribution in [0.5, 0.6) is 5.75 Å². The van der Waals surface area contributed by atoms with Crippen molar-refractivity contribution in [1.29, 1.82) is 0 Å². The lowest BCUT2D eigenvalue weighted by atomic mass is 9.94. The summed E-state index contributed by atoms with van der Waals surface area (Å²) in [5.74, 6) is -0.819. The molecule has 0 aromatic heterocycles. The monoisotopic (exact) mass is 422 g/mol. The molecule has 0 spiro atoms. The van der Waals surface area contributed by atoms with Gasteiger partial charge in [0.2, 0.25) is 0 Å². The number of benzene rings is 2. The molecule has 0 saturated carbocycles. The Balaban J connectivity index is 2.08. The summed E-state index contributed by atoms with van der Waals surface area (Å²) in [4.78, 5) is 29.6. The summed E-state index contributed by atoms with van der Waals surface area (Å²) in [6.07, 6.45) is 0.724. The van der Waals surface area contributed by atoms with Gasteiger partial charge in [-0.05, 0) is 58.6 Å². The van der Waals surface area contributed by atoms with Crippen LogP contribution in [0, 0.1) is 6.92 Å². The second kappa shape index (κ2) is 9.79. The van der Waals surface area contributed by atoms with Gasteiger partial charge in [0.05, 0.1) is 18.2 Å². The number of hydrogen-bond donors (Lipinski definition) is 1. The van der Waals surface area contributed by atoms with Crippen molar-refractivity contribution in [1.82, 2.24) is 9.80 Å². The summed E-state index contributed by atoms with van der Waals surface area (Å²) in [5.41, 5.74) is 2.46. The third-order valence-corrected chi connectivity index (χ3v) is 5.36. The Morgan fingerprint density at radius 3 is 2.48 bits per heavy atom. The molecule has 3 rings (SSSR count). The minimum Gasteiger partial charge on any atom is -0.507 e. The van der Waals surface area contributed by atoms with Crippen LogP contribution in [-0.4, -0.2) is 60.4 Å². The van der Waals surface area contributed by atoms with Gasteiger partial charge < -0.3 is 19.6 Å². The lowest BCUT2D eigenvalue weighted by Crippen LogP contribution is -2.32. The first kappa shape index (κ1) is 22.6. The van der Waals surface area contributed by atoms with E-state index in [1.165, 1.54) is 0 Å². The summed E-state index contributed by atoms with van der Waals surface area (Å²) in [6, 6.07) is 14.0. The van der Waals surface area contributed by atoms with Crippen molar-refractivity contribution in [3.05, 3.63) is 70.8 Å². The van der Waals surface area contributed by atoms with Gasteiger partial charge in [-0.2, -0.15) is 0 Å². The van der Waals surface area contributed by atoms with E-state index in [-0.39, 0.29) is 11.3 Å². The number of likely N-dealkylation sites (tertiary alicyclic amines) is 1. The molecular weight excluding hydrogens is 392 g/mol. The van der Waals surface area contributed by atoms with Crippen LogP contribution < -0.4 is 4.74 Å². The summed E-state index contributed by atoms with van der Waals surface area (Å²) in [7, 11) is 3.94. The minimum absolute atomic E-state index is 0.118. The Labute approximate surface area is 183 Å². The van der Waals surface area contributed by atoms with Crippen molar-refractivity contribution < 1.29 is 19.4 Å². The molecule has 1 saturated heterocycles. The van der Waals surface area contributed by atoms with E-state index in [1.807, 2.05) is 57.1 Å². The van der Waals surface area contributed by atoms with Crippen LogP contribution in [0.3, 0.4) is 0 Å². The molecule has 2 aromatic carbocycles. The zero-order valence-corrected chi connectivity index (χ0v) is 18.6. The number of carbonyl (C=O) groups is 2. The van der Waals surface area contributed by atoms with E-state index < -0.39 is 17.7 Å². The molecule has 1 unspecified atom stereocenters. The molecule has 31 heavy (non-hydrogen) atoms. The molecule has 0 aliphatic carbocycles. The van der Waals surface area contributed by atoms with Gasteiger partial charge in [0.25, 0.3) is 11.7 Å². The highest BCUT2D eigenvalue weighted by atomic mass is 16.5. The molecule has 1 heterocycles. The maximum absolute atomic E-state index is 13.0. The van der Waals surface area contributed by atoms with Gasteiger partial charge >= 0.3 is 0 Å². The Bertz CT molecular complexity index is 979. The van der Waals surface area contributed by atoms with E-state index in [0.717, 1.165) is 24.1 Å². The summed E-state index contributed by atoms with van der Waals surface area (Å²) in [5, 5.41) is 11.1. The van der Waals surface area contributed by atoms with Gasteiger partial charge in [0.15, 0.2) is 0 Å². The zero-order valence-electron chi connectivity index (χ0n) is 18.6. The molecule has 1 amide bonds. The first-order valence-electron chi connectivity index (χ1n) is 10.6. The molecule has 1 aliphatic rings. The van der Waals surface area contributed by atoms with Crippen LogP contribution >= 0.6 is 0 Å². The number of Topliss-reactive ketones (excluding diaryl/α,β-unsaturated/α-hetero) is 1. The van der Waals surface area contributed by atoms with Crippen LogP contribution in [-0.2, 0) is 9.59 Å². The van der Waals surface area contributed by atoms with Crippen LogP contribution in [0.4, 0.5) is 0 Å². The summed E-state index contributed by atoms with van der Waals surface area (Å²) in [6.45, 7) is 5.57. The van der Waals surface area contributed by atoms with Crippen molar-refractivity contribution in [3.63, 3.8) is 0 Å². The SMILES string of the molecule is CCOc1cccc(C(O)=C2C(=O)C(=O)N(CCCN(C)C)C2c2ccc(C)cc2)c1. The van der Waals surface area contributed by atoms with Gasteiger partial charge in [-0.25, -0.2) is 0 Å². The largest absolute Gasteiger partial charge is 0.507 e. The van der Waals surface area contributed by atoms with Crippen molar-refractivity contribution in [2.24, 2.45) is 0 Å². The molecule has 164 valence electrons. The normalized spacial score (nSPS) is 18.1. The second-order valence-corrected chi connectivity index (χ2v) is 8.02. The topological polar surface area (TPSA) is 70.1 Å². The highest BCUT2D eigenvalue weighted by molar-refractivity contribution is 6.46. The Morgan fingerprint density at radius 1 is 1.13 bits per heavy atom. The molecule has 6 heteroatoms. The summed E-state index contributed by atoms with van der Waals surface area (Å²) < 4.78 is 5.53. The number of aliphatic hydroxyl groups is 1. The standard InChI is InChI=1S/C25H30N2O4/c1-5-31-20-9-6-8-19(16-20)23(28)21-22(18-12-10-17(2)11-13-18)27(25(30)24(21)29)15-7-14-26(3)4/h6,8-13,16,22,28H,5,7,14-15H2,1-4H3. The van der Waals surface area contributed by atoms with E-state index >= 15 is 0 Å². The van der Waals surface area contributed by atoms with Crippen molar-refractivity contribution in [2.45, 2.75) is 26.3 Å². The number of ketones is 1. The molecule has 1 fully saturated rings. The predicted octanol–water partition coefficient (Wildman–Crippen LogP) is 3.77. The van der Waals surface area contributed by atoms with Crippen molar-refractivity contribution in [3.8, 4) is 5.75 Å². The summed E-state index contributed by atoms with van der Waals surface area (Å²) >= 11 is 0. The van der Waals surface area contributed by atoms with Crippen molar-refractivity contribution >= 4 is 17.4 Å². The van der Waals surface area contributed by atoms with Gasteiger partial charge in [-0.15, -0.1) is 0 Å². The van der Waals surface area contributed by atoms with Crippen LogP contribution in [0.2, 0.25) is 0 Å². The molecule has 1 aliphatic heterocycles. The maximum Gasteiger partial charge on any atom is 0.295 e. The van der Waals surface area contributed by atoms with E-state index in [4.69, 9.17) is 4.74 Å². The third-order valence-electron chi connectivity index (χ3n) is 5.36. The number of rotatable bonds is 8. The predicted molar refractivity (Wildman–Crippen MR) is 121 cm³/mol. The Kier molecular flexibility index (Phi) is 7.13. The molecule has 0 radical (unpaired) electrons. The molecule has 6 nitrogen and oxygen atoms in total. The lowest BCUT2D eigenvalue weighted by Gasteiger charge is -2.26. The fourth-order valence-corrected chi connectivity index (χ4v) is 3.82. The first-order valence-corrected chi connectivity index (χ1v) is 10.6. The maximum atomic E-state index is 13.0. The molecule has 0 bridgehead atoms. The van der Waals surface area contributed by atoms with Crippen LogP contribution in [0.25, 0.3) is 5.76 Å². The minimum atomic E-state index is -0.658. The average Bonchev–Trinajstić information content (AvgIpc) is 2.99. The van der Waals surface area contributed by atoms with Gasteiger partial charge in [-0.1, -0.05) is 42.0 Å². The fraction of sp³-hybridized carbons (Fsp3) is 0.360. The highest BCUT2D eigenvalue weighted by Crippen LogP contribution is 2.39. The molecular formula is C25H30N2O4. The number of nitrogens with zero attached hydrogens (tertiary/aromatic N) is 2. The molecule has 1 N–H and O–H groups in total.